The second-order valence-electron chi connectivity index (χ2n) is 5.16. The Labute approximate surface area is 132 Å². The number of halogens is 1. The number of ether oxygens (including phenoxy) is 1. The summed E-state index contributed by atoms with van der Waals surface area (Å²) < 4.78 is 6.56. The van der Waals surface area contributed by atoms with Crippen LogP contribution >= 0.6 is 15.9 Å². The predicted molar refractivity (Wildman–Crippen MR) is 85.6 cm³/mol. The Morgan fingerprint density at radius 3 is 2.90 bits per heavy atom. The summed E-state index contributed by atoms with van der Waals surface area (Å²) in [5.41, 5.74) is 2.82. The highest BCUT2D eigenvalue weighted by Gasteiger charge is 2.23. The van der Waals surface area contributed by atoms with Crippen LogP contribution in [-0.4, -0.2) is 12.5 Å². The maximum atomic E-state index is 12.4. The van der Waals surface area contributed by atoms with E-state index in [0.29, 0.717) is 12.2 Å². The van der Waals surface area contributed by atoms with Crippen LogP contribution in [-0.2, 0) is 0 Å². The molecule has 21 heavy (non-hydrogen) atoms. The minimum Gasteiger partial charge on any atom is -0.493 e. The molecule has 0 saturated heterocycles. The van der Waals surface area contributed by atoms with Gasteiger partial charge >= 0.3 is 0 Å². The third kappa shape index (κ3) is 2.95. The molecule has 108 valence electrons. The number of carbonyl (C=O) groups excluding carboxylic acids is 1. The zero-order valence-corrected chi connectivity index (χ0v) is 13.3. The molecule has 1 aliphatic rings. The lowest BCUT2D eigenvalue weighted by Crippen LogP contribution is -2.32. The fraction of sp³-hybridized carbons (Fsp3) is 0.235. The predicted octanol–water partition coefficient (Wildman–Crippen LogP) is 4.01. The second kappa shape index (κ2) is 5.90. The number of fused-ring (bicyclic) bond motifs is 1. The average molecular weight is 346 g/mol. The summed E-state index contributed by atoms with van der Waals surface area (Å²) >= 11 is 3.47. The van der Waals surface area contributed by atoms with Gasteiger partial charge in [0, 0.05) is 22.0 Å². The lowest BCUT2D eigenvalue weighted by molar-refractivity contribution is 0.0924. The van der Waals surface area contributed by atoms with Crippen LogP contribution in [0.2, 0.25) is 0 Å². The number of hydrogen-bond acceptors (Lipinski definition) is 2. The van der Waals surface area contributed by atoms with Gasteiger partial charge in [-0.25, -0.2) is 0 Å². The molecule has 0 aliphatic carbocycles. The maximum absolute atomic E-state index is 12.4. The van der Waals surface area contributed by atoms with Crippen molar-refractivity contribution in [3.63, 3.8) is 0 Å². The molecule has 2 aromatic carbocycles. The highest BCUT2D eigenvalue weighted by molar-refractivity contribution is 9.10. The van der Waals surface area contributed by atoms with Gasteiger partial charge in [0.1, 0.15) is 5.75 Å². The van der Waals surface area contributed by atoms with E-state index in [1.54, 1.807) is 0 Å². The van der Waals surface area contributed by atoms with Crippen LogP contribution < -0.4 is 10.1 Å². The Hall–Kier alpha value is -1.81. The Morgan fingerprint density at radius 2 is 2.10 bits per heavy atom. The van der Waals surface area contributed by atoms with Crippen LogP contribution in [0.5, 0.6) is 5.75 Å². The molecule has 0 bridgehead atoms. The van der Waals surface area contributed by atoms with Crippen LogP contribution in [0.3, 0.4) is 0 Å². The van der Waals surface area contributed by atoms with Crippen molar-refractivity contribution in [2.75, 3.05) is 6.61 Å². The highest BCUT2D eigenvalue weighted by Crippen LogP contribution is 2.31. The van der Waals surface area contributed by atoms with Crippen molar-refractivity contribution in [3.05, 3.63) is 63.6 Å². The Kier molecular flexibility index (Phi) is 3.97. The number of para-hydroxylation sites is 1. The first-order chi connectivity index (χ1) is 10.1. The van der Waals surface area contributed by atoms with E-state index in [9.17, 15) is 4.79 Å². The summed E-state index contributed by atoms with van der Waals surface area (Å²) in [5.74, 6) is 0.802. The summed E-state index contributed by atoms with van der Waals surface area (Å²) in [6.45, 7) is 2.63. The van der Waals surface area contributed by atoms with Gasteiger partial charge in [-0.2, -0.15) is 0 Å². The van der Waals surface area contributed by atoms with E-state index >= 15 is 0 Å². The monoisotopic (exact) mass is 345 g/mol. The first-order valence-corrected chi connectivity index (χ1v) is 7.73. The van der Waals surface area contributed by atoms with Gasteiger partial charge in [-0.3, -0.25) is 4.79 Å². The van der Waals surface area contributed by atoms with Crippen molar-refractivity contribution >= 4 is 21.8 Å². The van der Waals surface area contributed by atoms with E-state index < -0.39 is 0 Å². The summed E-state index contributed by atoms with van der Waals surface area (Å²) in [6, 6.07) is 13.5. The molecule has 1 unspecified atom stereocenters. The molecular formula is C17H16BrNO2. The normalized spacial score (nSPS) is 16.8. The second-order valence-corrected chi connectivity index (χ2v) is 6.02. The van der Waals surface area contributed by atoms with E-state index in [1.165, 1.54) is 0 Å². The summed E-state index contributed by atoms with van der Waals surface area (Å²) in [7, 11) is 0. The summed E-state index contributed by atoms with van der Waals surface area (Å²) in [4.78, 5) is 12.4. The van der Waals surface area contributed by atoms with Gasteiger partial charge < -0.3 is 10.1 Å². The molecule has 1 N–H and O–H groups in total. The van der Waals surface area contributed by atoms with Gasteiger partial charge in [0.05, 0.1) is 12.6 Å². The molecular weight excluding hydrogens is 330 g/mol. The van der Waals surface area contributed by atoms with Gasteiger partial charge in [0.15, 0.2) is 0 Å². The molecule has 1 atom stereocenters. The van der Waals surface area contributed by atoms with E-state index in [-0.39, 0.29) is 11.9 Å². The van der Waals surface area contributed by atoms with E-state index in [2.05, 4.69) is 21.2 Å². The van der Waals surface area contributed by atoms with Crippen LogP contribution in [0, 0.1) is 6.92 Å². The minimum absolute atomic E-state index is 0.00234. The summed E-state index contributed by atoms with van der Waals surface area (Å²) in [6.07, 6.45) is 0.787. The van der Waals surface area contributed by atoms with Crippen molar-refractivity contribution in [3.8, 4) is 5.75 Å². The average Bonchev–Trinajstić information content (AvgIpc) is 2.50. The van der Waals surface area contributed by atoms with Crippen LogP contribution in [0.25, 0.3) is 0 Å². The molecule has 0 saturated carbocycles. The topological polar surface area (TPSA) is 38.3 Å². The highest BCUT2D eigenvalue weighted by atomic mass is 79.9. The number of benzene rings is 2. The van der Waals surface area contributed by atoms with Crippen LogP contribution in [0.4, 0.5) is 0 Å². The van der Waals surface area contributed by atoms with Gasteiger partial charge in [-0.15, -0.1) is 0 Å². The van der Waals surface area contributed by atoms with Crippen LogP contribution in [0.15, 0.2) is 46.9 Å². The van der Waals surface area contributed by atoms with Crippen molar-refractivity contribution < 1.29 is 9.53 Å². The third-order valence-electron chi connectivity index (χ3n) is 3.70. The van der Waals surface area contributed by atoms with E-state index in [4.69, 9.17) is 4.74 Å². The van der Waals surface area contributed by atoms with Crippen molar-refractivity contribution in [1.82, 2.24) is 5.32 Å². The minimum atomic E-state index is -0.0580. The molecule has 1 amide bonds. The van der Waals surface area contributed by atoms with Crippen molar-refractivity contribution in [2.24, 2.45) is 0 Å². The number of aryl methyl sites for hydroxylation is 1. The Balaban J connectivity index is 1.81. The standard InChI is InChI=1S/C17H16BrNO2/c1-11-6-7-12(10-14(11)18)17(20)19-15-8-9-21-16-5-3-2-4-13(15)16/h2-7,10,15H,8-9H2,1H3,(H,19,20). The Bertz CT molecular complexity index is 684. The fourth-order valence-electron chi connectivity index (χ4n) is 2.47. The summed E-state index contributed by atoms with van der Waals surface area (Å²) in [5, 5.41) is 3.10. The lowest BCUT2D eigenvalue weighted by Gasteiger charge is -2.26. The van der Waals surface area contributed by atoms with Crippen LogP contribution in [0.1, 0.15) is 33.9 Å². The van der Waals surface area contributed by atoms with Gasteiger partial charge in [-0.05, 0) is 30.7 Å². The van der Waals surface area contributed by atoms with E-state index in [0.717, 1.165) is 27.8 Å². The number of rotatable bonds is 2. The molecule has 3 nitrogen and oxygen atoms in total. The lowest BCUT2D eigenvalue weighted by atomic mass is 10.00. The first-order valence-electron chi connectivity index (χ1n) is 6.94. The molecule has 2 aromatic rings. The molecule has 0 fully saturated rings. The van der Waals surface area contributed by atoms with Gasteiger partial charge in [-0.1, -0.05) is 40.2 Å². The smallest absolute Gasteiger partial charge is 0.251 e. The van der Waals surface area contributed by atoms with Crippen molar-refractivity contribution in [2.45, 2.75) is 19.4 Å². The number of amides is 1. The molecule has 4 heteroatoms. The zero-order chi connectivity index (χ0) is 14.8. The number of carbonyl (C=O) groups is 1. The Morgan fingerprint density at radius 1 is 1.29 bits per heavy atom. The number of hydrogen-bond donors (Lipinski definition) is 1. The molecule has 0 spiro atoms. The van der Waals surface area contributed by atoms with Gasteiger partial charge in [0.2, 0.25) is 0 Å². The number of nitrogens with one attached hydrogen (secondary N) is 1. The maximum Gasteiger partial charge on any atom is 0.251 e. The van der Waals surface area contributed by atoms with Gasteiger partial charge in [0.25, 0.3) is 5.91 Å². The van der Waals surface area contributed by atoms with E-state index in [1.807, 2.05) is 49.4 Å². The zero-order valence-electron chi connectivity index (χ0n) is 11.7. The molecule has 0 radical (unpaired) electrons. The SMILES string of the molecule is Cc1ccc(C(=O)NC2CCOc3ccccc32)cc1Br. The quantitative estimate of drug-likeness (QED) is 0.892. The molecule has 3 rings (SSSR count). The largest absolute Gasteiger partial charge is 0.493 e. The van der Waals surface area contributed by atoms with Crippen molar-refractivity contribution in [1.29, 1.82) is 0 Å². The third-order valence-corrected chi connectivity index (χ3v) is 4.55. The molecule has 1 aliphatic heterocycles. The first kappa shape index (κ1) is 14.1. The fourth-order valence-corrected chi connectivity index (χ4v) is 2.85. The molecule has 0 aromatic heterocycles. The molecule has 1 heterocycles.